The molecule has 0 saturated carbocycles. The molecular weight excluding hydrogens is 217 g/mol. The van der Waals surface area contributed by atoms with Crippen LogP contribution in [-0.2, 0) is 6.54 Å². The fraction of sp³-hybridized carbons (Fsp3) is 0.308. The highest BCUT2D eigenvalue weighted by Crippen LogP contribution is 2.09. The Balaban J connectivity index is 1.90. The van der Waals surface area contributed by atoms with E-state index in [-0.39, 0.29) is 5.82 Å². The summed E-state index contributed by atoms with van der Waals surface area (Å²) in [7, 11) is 0. The average Bonchev–Trinajstić information content (AvgIpc) is 2.61. The van der Waals surface area contributed by atoms with Gasteiger partial charge in [0, 0.05) is 24.5 Å². The fourth-order valence-corrected chi connectivity index (χ4v) is 1.69. The van der Waals surface area contributed by atoms with E-state index in [0.29, 0.717) is 0 Å². The summed E-state index contributed by atoms with van der Waals surface area (Å²) in [5.74, 6) is -0.218. The molecule has 0 fully saturated rings. The lowest BCUT2D eigenvalue weighted by Gasteiger charge is -2.08. The summed E-state index contributed by atoms with van der Waals surface area (Å²) in [6.07, 6.45) is 1.83. The van der Waals surface area contributed by atoms with E-state index in [0.717, 1.165) is 24.5 Å². The second-order valence-electron chi connectivity index (χ2n) is 4.05. The van der Waals surface area contributed by atoms with Crippen molar-refractivity contribution in [2.75, 3.05) is 11.9 Å². The van der Waals surface area contributed by atoms with Gasteiger partial charge in [0.2, 0.25) is 0 Å². The number of aryl methyl sites for hydroxylation is 1. The van der Waals surface area contributed by atoms with Gasteiger partial charge in [-0.15, -0.1) is 0 Å². The highest BCUT2D eigenvalue weighted by molar-refractivity contribution is 5.42. The van der Waals surface area contributed by atoms with Crippen LogP contribution >= 0.6 is 0 Å². The first-order valence-corrected chi connectivity index (χ1v) is 5.64. The zero-order valence-corrected chi connectivity index (χ0v) is 10.1. The van der Waals surface area contributed by atoms with E-state index < -0.39 is 0 Å². The number of aromatic nitrogens is 2. The molecule has 2 aromatic rings. The molecule has 3 nitrogen and oxygen atoms in total. The summed E-state index contributed by atoms with van der Waals surface area (Å²) in [5, 5.41) is 3.18. The largest absolute Gasteiger partial charge is 0.383 e. The van der Waals surface area contributed by atoms with Gasteiger partial charge >= 0.3 is 0 Å². The van der Waals surface area contributed by atoms with Crippen LogP contribution in [0.1, 0.15) is 11.4 Å². The van der Waals surface area contributed by atoms with Crippen molar-refractivity contribution in [1.29, 1.82) is 0 Å². The zero-order chi connectivity index (χ0) is 12.3. The predicted octanol–water partition coefficient (Wildman–Crippen LogP) is 2.75. The Kier molecular flexibility index (Phi) is 3.42. The molecule has 0 aliphatic carbocycles. The molecule has 1 aromatic carbocycles. The number of anilines is 1. The maximum absolute atomic E-state index is 12.9. The molecule has 1 N–H and O–H groups in total. The molecule has 0 aliphatic heterocycles. The molecule has 0 bridgehead atoms. The fourth-order valence-electron chi connectivity index (χ4n) is 1.69. The van der Waals surface area contributed by atoms with Crippen LogP contribution in [0.4, 0.5) is 10.1 Å². The first-order valence-electron chi connectivity index (χ1n) is 5.64. The summed E-state index contributed by atoms with van der Waals surface area (Å²) in [4.78, 5) is 4.23. The van der Waals surface area contributed by atoms with Gasteiger partial charge in [-0.2, -0.15) is 0 Å². The molecule has 0 amide bonds. The van der Waals surface area contributed by atoms with Gasteiger partial charge < -0.3 is 9.88 Å². The quantitative estimate of drug-likeness (QED) is 0.880. The normalized spacial score (nSPS) is 10.5. The predicted molar refractivity (Wildman–Crippen MR) is 66.6 cm³/mol. The first kappa shape index (κ1) is 11.6. The number of nitrogens with zero attached hydrogens (tertiary/aromatic N) is 2. The minimum Gasteiger partial charge on any atom is -0.383 e. The highest BCUT2D eigenvalue weighted by Gasteiger charge is 2.01. The number of hydrogen-bond acceptors (Lipinski definition) is 2. The molecule has 17 heavy (non-hydrogen) atoms. The van der Waals surface area contributed by atoms with Crippen LogP contribution in [0, 0.1) is 19.7 Å². The van der Waals surface area contributed by atoms with Crippen LogP contribution < -0.4 is 5.32 Å². The van der Waals surface area contributed by atoms with Gasteiger partial charge in [0.15, 0.2) is 0 Å². The van der Waals surface area contributed by atoms with Gasteiger partial charge in [-0.1, -0.05) is 6.07 Å². The molecule has 0 spiro atoms. The molecule has 4 heteroatoms. The Morgan fingerprint density at radius 2 is 2.18 bits per heavy atom. The van der Waals surface area contributed by atoms with Gasteiger partial charge in [0.1, 0.15) is 5.82 Å². The monoisotopic (exact) mass is 233 g/mol. The van der Waals surface area contributed by atoms with Gasteiger partial charge in [0.05, 0.1) is 12.0 Å². The van der Waals surface area contributed by atoms with Crippen molar-refractivity contribution in [2.24, 2.45) is 0 Å². The van der Waals surface area contributed by atoms with Crippen molar-refractivity contribution in [2.45, 2.75) is 20.4 Å². The summed E-state index contributed by atoms with van der Waals surface area (Å²) >= 11 is 0. The Morgan fingerprint density at radius 1 is 1.35 bits per heavy atom. The smallest absolute Gasteiger partial charge is 0.125 e. The topological polar surface area (TPSA) is 29.9 Å². The minimum atomic E-state index is -0.218. The van der Waals surface area contributed by atoms with Gasteiger partial charge in [-0.3, -0.25) is 0 Å². The first-order chi connectivity index (χ1) is 8.16. The Hall–Kier alpha value is -1.84. The lowest BCUT2D eigenvalue weighted by Crippen LogP contribution is -2.11. The molecule has 0 atom stereocenters. The molecule has 2 rings (SSSR count). The molecule has 90 valence electrons. The van der Waals surface area contributed by atoms with Crippen molar-refractivity contribution >= 4 is 5.69 Å². The van der Waals surface area contributed by atoms with Crippen LogP contribution in [-0.4, -0.2) is 16.1 Å². The third kappa shape index (κ3) is 2.84. The lowest BCUT2D eigenvalue weighted by atomic mass is 10.3. The van der Waals surface area contributed by atoms with Crippen molar-refractivity contribution in [3.8, 4) is 0 Å². The van der Waals surface area contributed by atoms with Gasteiger partial charge in [-0.25, -0.2) is 9.37 Å². The maximum atomic E-state index is 12.9. The molecule has 0 aliphatic rings. The molecule has 0 radical (unpaired) electrons. The maximum Gasteiger partial charge on any atom is 0.125 e. The third-order valence-corrected chi connectivity index (χ3v) is 2.85. The standard InChI is InChI=1S/C13H16FN3/c1-10-11(2)17(9-16-10)7-6-15-13-5-3-4-12(14)8-13/h3-5,8-9,15H,6-7H2,1-2H3. The number of imidazole rings is 1. The van der Waals surface area contributed by atoms with Crippen LogP contribution in [0.5, 0.6) is 0 Å². The Labute approximate surface area is 100 Å². The van der Waals surface area contributed by atoms with Crippen LogP contribution in [0.2, 0.25) is 0 Å². The van der Waals surface area contributed by atoms with E-state index in [1.807, 2.05) is 26.2 Å². The number of nitrogens with one attached hydrogen (secondary N) is 1. The van der Waals surface area contributed by atoms with Crippen LogP contribution in [0.3, 0.4) is 0 Å². The summed E-state index contributed by atoms with van der Waals surface area (Å²) in [5.41, 5.74) is 3.03. The van der Waals surface area contributed by atoms with Crippen molar-refractivity contribution in [1.82, 2.24) is 9.55 Å². The zero-order valence-electron chi connectivity index (χ0n) is 10.1. The van der Waals surface area contributed by atoms with E-state index in [1.54, 1.807) is 6.07 Å². The summed E-state index contributed by atoms with van der Waals surface area (Å²) in [6, 6.07) is 6.49. The number of rotatable bonds is 4. The second-order valence-corrected chi connectivity index (χ2v) is 4.05. The van der Waals surface area contributed by atoms with Crippen LogP contribution in [0.15, 0.2) is 30.6 Å². The average molecular weight is 233 g/mol. The van der Waals surface area contributed by atoms with Crippen molar-refractivity contribution < 1.29 is 4.39 Å². The number of hydrogen-bond donors (Lipinski definition) is 1. The third-order valence-electron chi connectivity index (χ3n) is 2.85. The van der Waals surface area contributed by atoms with Crippen molar-refractivity contribution in [3.63, 3.8) is 0 Å². The summed E-state index contributed by atoms with van der Waals surface area (Å²) < 4.78 is 15.0. The van der Waals surface area contributed by atoms with E-state index in [1.165, 1.54) is 17.8 Å². The molecule has 0 unspecified atom stereocenters. The molecule has 1 aromatic heterocycles. The molecule has 1 heterocycles. The number of benzene rings is 1. The highest BCUT2D eigenvalue weighted by atomic mass is 19.1. The van der Waals surface area contributed by atoms with Crippen LogP contribution in [0.25, 0.3) is 0 Å². The second kappa shape index (κ2) is 4.99. The van der Waals surface area contributed by atoms with E-state index in [9.17, 15) is 4.39 Å². The number of halogens is 1. The SMILES string of the molecule is Cc1ncn(CCNc2cccc(F)c2)c1C. The lowest BCUT2D eigenvalue weighted by molar-refractivity contribution is 0.628. The van der Waals surface area contributed by atoms with E-state index in [4.69, 9.17) is 0 Å². The summed E-state index contributed by atoms with van der Waals surface area (Å²) in [6.45, 7) is 5.61. The Bertz CT molecular complexity index is 505. The molecule has 0 saturated heterocycles. The van der Waals surface area contributed by atoms with Gasteiger partial charge in [-0.05, 0) is 32.0 Å². The van der Waals surface area contributed by atoms with Gasteiger partial charge in [0.25, 0.3) is 0 Å². The van der Waals surface area contributed by atoms with E-state index >= 15 is 0 Å². The Morgan fingerprint density at radius 3 is 2.82 bits per heavy atom. The van der Waals surface area contributed by atoms with E-state index in [2.05, 4.69) is 14.9 Å². The van der Waals surface area contributed by atoms with Crippen molar-refractivity contribution in [3.05, 3.63) is 47.8 Å². The molecular formula is C13H16FN3. The minimum absolute atomic E-state index is 0.218.